The molecule has 0 aliphatic carbocycles. The minimum atomic E-state index is -0.573. The number of hydrogen-bond acceptors (Lipinski definition) is 6. The number of nitro groups is 1. The van der Waals surface area contributed by atoms with Crippen LogP contribution in [0.2, 0.25) is 15.1 Å². The number of non-ortho nitro benzene ring substituents is 1. The first-order valence-electron chi connectivity index (χ1n) is 6.91. The van der Waals surface area contributed by atoms with Crippen molar-refractivity contribution in [1.29, 1.82) is 0 Å². The highest BCUT2D eigenvalue weighted by Gasteiger charge is 2.15. The fourth-order valence-corrected chi connectivity index (χ4v) is 3.42. The Bertz CT molecular complexity index is 1030. The van der Waals surface area contributed by atoms with E-state index in [0.717, 1.165) is 11.8 Å². The molecule has 26 heavy (non-hydrogen) atoms. The first-order valence-corrected chi connectivity index (χ1v) is 9.03. The molecule has 1 aromatic carbocycles. The van der Waals surface area contributed by atoms with Gasteiger partial charge in [0.25, 0.3) is 5.69 Å². The Balaban J connectivity index is 1.72. The normalized spacial score (nSPS) is 10.9. The lowest BCUT2D eigenvalue weighted by molar-refractivity contribution is -0.384. The van der Waals surface area contributed by atoms with E-state index in [1.165, 1.54) is 18.2 Å². The second-order valence-corrected chi connectivity index (χ2v) is 7.13. The SMILES string of the molecule is O=C(CSc1nnc2c(Cl)cc(Cl)cn12)Nc1cc([N+](=O)[O-])ccc1Cl. The maximum absolute atomic E-state index is 12.1. The van der Waals surface area contributed by atoms with Crippen LogP contribution in [0.15, 0.2) is 35.6 Å². The van der Waals surface area contributed by atoms with Crippen LogP contribution in [0.5, 0.6) is 0 Å². The third-order valence-electron chi connectivity index (χ3n) is 3.16. The molecule has 1 N–H and O–H groups in total. The van der Waals surface area contributed by atoms with Gasteiger partial charge in [0.15, 0.2) is 10.8 Å². The van der Waals surface area contributed by atoms with Crippen molar-refractivity contribution in [2.75, 3.05) is 11.1 Å². The monoisotopic (exact) mass is 431 g/mol. The lowest BCUT2D eigenvalue weighted by Gasteiger charge is -2.06. The molecule has 0 radical (unpaired) electrons. The number of thioether (sulfide) groups is 1. The summed E-state index contributed by atoms with van der Waals surface area (Å²) in [6.07, 6.45) is 1.58. The minimum absolute atomic E-state index is 0.0239. The van der Waals surface area contributed by atoms with E-state index >= 15 is 0 Å². The van der Waals surface area contributed by atoms with Crippen molar-refractivity contribution in [2.24, 2.45) is 0 Å². The number of halogens is 3. The van der Waals surface area contributed by atoms with Gasteiger partial charge in [-0.2, -0.15) is 0 Å². The number of aromatic nitrogens is 3. The number of amides is 1. The number of rotatable bonds is 5. The highest BCUT2D eigenvalue weighted by molar-refractivity contribution is 7.99. The predicted molar refractivity (Wildman–Crippen MR) is 100 cm³/mol. The van der Waals surface area contributed by atoms with Crippen LogP contribution in [-0.4, -0.2) is 31.2 Å². The molecule has 134 valence electrons. The standard InChI is InChI=1S/C14H8Cl3N5O3S/c15-7-3-10(17)13-19-20-14(21(13)5-7)26-6-12(23)18-11-4-8(22(24)25)1-2-9(11)16/h1-5H,6H2,(H,18,23). The van der Waals surface area contributed by atoms with Gasteiger partial charge in [-0.1, -0.05) is 46.6 Å². The van der Waals surface area contributed by atoms with E-state index in [2.05, 4.69) is 15.5 Å². The molecule has 0 spiro atoms. The number of pyridine rings is 1. The Morgan fingerprint density at radius 2 is 2.00 bits per heavy atom. The average Bonchev–Trinajstić information content (AvgIpc) is 2.98. The summed E-state index contributed by atoms with van der Waals surface area (Å²) >= 11 is 19.1. The van der Waals surface area contributed by atoms with Crippen LogP contribution < -0.4 is 5.32 Å². The summed E-state index contributed by atoms with van der Waals surface area (Å²) in [6.45, 7) is 0. The molecule has 0 unspecified atom stereocenters. The smallest absolute Gasteiger partial charge is 0.271 e. The van der Waals surface area contributed by atoms with Crippen molar-refractivity contribution in [3.63, 3.8) is 0 Å². The first kappa shape index (κ1) is 18.7. The number of carbonyl (C=O) groups excluding carboxylic acids is 1. The Morgan fingerprint density at radius 3 is 2.73 bits per heavy atom. The second kappa shape index (κ2) is 7.67. The molecular formula is C14H8Cl3N5O3S. The quantitative estimate of drug-likeness (QED) is 0.366. The topological polar surface area (TPSA) is 102 Å². The largest absolute Gasteiger partial charge is 0.324 e. The molecule has 0 atom stereocenters. The van der Waals surface area contributed by atoms with E-state index in [1.807, 2.05) is 0 Å². The van der Waals surface area contributed by atoms with E-state index in [0.29, 0.717) is 20.8 Å². The third kappa shape index (κ3) is 4.01. The fourth-order valence-electron chi connectivity index (χ4n) is 2.04. The van der Waals surface area contributed by atoms with Crippen LogP contribution in [-0.2, 0) is 4.79 Å². The molecular weight excluding hydrogens is 425 g/mol. The molecule has 2 aromatic heterocycles. The van der Waals surface area contributed by atoms with Gasteiger partial charge in [0.2, 0.25) is 5.91 Å². The summed E-state index contributed by atoms with van der Waals surface area (Å²) in [6, 6.07) is 5.33. The molecule has 0 bridgehead atoms. The molecule has 0 aliphatic rings. The summed E-state index contributed by atoms with van der Waals surface area (Å²) in [5, 5.41) is 22.6. The molecule has 3 aromatic rings. The summed E-state index contributed by atoms with van der Waals surface area (Å²) in [4.78, 5) is 22.4. The number of hydrogen-bond donors (Lipinski definition) is 1. The third-order valence-corrected chi connectivity index (χ3v) is 4.92. The number of benzene rings is 1. The van der Waals surface area contributed by atoms with Crippen LogP contribution in [0.4, 0.5) is 11.4 Å². The average molecular weight is 433 g/mol. The Kier molecular flexibility index (Phi) is 5.52. The van der Waals surface area contributed by atoms with Crippen LogP contribution in [0.25, 0.3) is 5.65 Å². The lowest BCUT2D eigenvalue weighted by Crippen LogP contribution is -2.14. The highest BCUT2D eigenvalue weighted by Crippen LogP contribution is 2.28. The zero-order chi connectivity index (χ0) is 18.8. The molecule has 8 nitrogen and oxygen atoms in total. The van der Waals surface area contributed by atoms with E-state index in [9.17, 15) is 14.9 Å². The first-order chi connectivity index (χ1) is 12.3. The molecule has 12 heteroatoms. The van der Waals surface area contributed by atoms with Crippen LogP contribution in [0, 0.1) is 10.1 Å². The Hall–Kier alpha value is -2.07. The van der Waals surface area contributed by atoms with Crippen LogP contribution in [0.3, 0.4) is 0 Å². The summed E-state index contributed by atoms with van der Waals surface area (Å²) in [5.74, 6) is -0.438. The van der Waals surface area contributed by atoms with E-state index in [4.69, 9.17) is 34.8 Å². The molecule has 0 saturated carbocycles. The number of anilines is 1. The summed E-state index contributed by atoms with van der Waals surface area (Å²) in [7, 11) is 0. The summed E-state index contributed by atoms with van der Waals surface area (Å²) < 4.78 is 1.57. The van der Waals surface area contributed by atoms with Gasteiger partial charge in [-0.05, 0) is 12.1 Å². The number of carbonyl (C=O) groups is 1. The van der Waals surface area contributed by atoms with Gasteiger partial charge in [-0.15, -0.1) is 10.2 Å². The van der Waals surface area contributed by atoms with Gasteiger partial charge < -0.3 is 5.32 Å². The summed E-state index contributed by atoms with van der Waals surface area (Å²) in [5.41, 5.74) is 0.398. The maximum Gasteiger partial charge on any atom is 0.271 e. The number of nitrogens with one attached hydrogen (secondary N) is 1. The van der Waals surface area contributed by atoms with E-state index < -0.39 is 10.8 Å². The van der Waals surface area contributed by atoms with Gasteiger partial charge in [0.05, 0.1) is 31.4 Å². The Labute approximate surface area is 165 Å². The van der Waals surface area contributed by atoms with Crippen molar-refractivity contribution in [2.45, 2.75) is 5.16 Å². The van der Waals surface area contributed by atoms with E-state index in [-0.39, 0.29) is 22.2 Å². The highest BCUT2D eigenvalue weighted by atomic mass is 35.5. The zero-order valence-corrected chi connectivity index (χ0v) is 15.7. The molecule has 2 heterocycles. The van der Waals surface area contributed by atoms with Crippen LogP contribution in [0.1, 0.15) is 0 Å². The fraction of sp³-hybridized carbons (Fsp3) is 0.0714. The van der Waals surface area contributed by atoms with Crippen molar-refractivity contribution in [3.05, 3.63) is 55.6 Å². The second-order valence-electron chi connectivity index (χ2n) is 4.94. The van der Waals surface area contributed by atoms with Gasteiger partial charge in [0, 0.05) is 18.3 Å². The minimum Gasteiger partial charge on any atom is -0.324 e. The van der Waals surface area contributed by atoms with Gasteiger partial charge in [-0.3, -0.25) is 19.3 Å². The van der Waals surface area contributed by atoms with E-state index in [1.54, 1.807) is 16.7 Å². The number of nitrogens with zero attached hydrogens (tertiary/aromatic N) is 4. The number of fused-ring (bicyclic) bond motifs is 1. The van der Waals surface area contributed by atoms with Crippen molar-refractivity contribution in [3.8, 4) is 0 Å². The van der Waals surface area contributed by atoms with Crippen molar-refractivity contribution in [1.82, 2.24) is 14.6 Å². The molecule has 3 rings (SSSR count). The maximum atomic E-state index is 12.1. The van der Waals surface area contributed by atoms with Gasteiger partial charge in [-0.25, -0.2) is 0 Å². The van der Waals surface area contributed by atoms with Crippen molar-refractivity contribution < 1.29 is 9.72 Å². The Morgan fingerprint density at radius 1 is 1.23 bits per heavy atom. The van der Waals surface area contributed by atoms with Crippen molar-refractivity contribution >= 4 is 69.5 Å². The van der Waals surface area contributed by atoms with Crippen LogP contribution >= 0.6 is 46.6 Å². The zero-order valence-electron chi connectivity index (χ0n) is 12.6. The molecule has 0 aliphatic heterocycles. The molecule has 0 saturated heterocycles. The molecule has 1 amide bonds. The predicted octanol–water partition coefficient (Wildman–Crippen LogP) is 4.33. The lowest BCUT2D eigenvalue weighted by atomic mass is 10.3. The number of nitro benzene ring substituents is 1. The van der Waals surface area contributed by atoms with Gasteiger partial charge in [0.1, 0.15) is 0 Å². The molecule has 0 fully saturated rings. The van der Waals surface area contributed by atoms with Gasteiger partial charge >= 0.3 is 0 Å².